The molecule has 0 atom stereocenters. The van der Waals surface area contributed by atoms with Gasteiger partial charge in [0.1, 0.15) is 12.4 Å². The molecule has 1 fully saturated rings. The molecular formula is C25H32N2O4. The molecule has 31 heavy (non-hydrogen) atoms. The third kappa shape index (κ3) is 6.31. The van der Waals surface area contributed by atoms with Gasteiger partial charge in [0.2, 0.25) is 0 Å². The number of ether oxygens (including phenoxy) is 2. The fourth-order valence-corrected chi connectivity index (χ4v) is 3.87. The summed E-state index contributed by atoms with van der Waals surface area (Å²) in [5.41, 5.74) is 1.72. The van der Waals surface area contributed by atoms with Gasteiger partial charge >= 0.3 is 0 Å². The van der Waals surface area contributed by atoms with E-state index in [9.17, 15) is 9.59 Å². The minimum absolute atomic E-state index is 0.0258. The van der Waals surface area contributed by atoms with E-state index < -0.39 is 0 Å². The quantitative estimate of drug-likeness (QED) is 0.590. The van der Waals surface area contributed by atoms with Crippen molar-refractivity contribution in [2.75, 3.05) is 32.2 Å². The maximum atomic E-state index is 12.8. The van der Waals surface area contributed by atoms with E-state index in [-0.39, 0.29) is 11.8 Å². The molecule has 1 saturated carbocycles. The van der Waals surface area contributed by atoms with E-state index >= 15 is 0 Å². The van der Waals surface area contributed by atoms with Crippen LogP contribution in [0.5, 0.6) is 5.75 Å². The molecule has 2 aromatic carbocycles. The maximum Gasteiger partial charge on any atom is 0.259 e. The van der Waals surface area contributed by atoms with Crippen LogP contribution in [0.25, 0.3) is 0 Å². The molecule has 3 rings (SSSR count). The van der Waals surface area contributed by atoms with Gasteiger partial charge in [-0.1, -0.05) is 31.4 Å². The SMILES string of the molecule is CCOCCOc1ccccc1C(=O)Nc1ccc(C(=O)N(C)C2CCCCC2)cc1. The highest BCUT2D eigenvalue weighted by molar-refractivity contribution is 6.06. The summed E-state index contributed by atoms with van der Waals surface area (Å²) in [6.45, 7) is 3.40. The number of nitrogens with zero attached hydrogens (tertiary/aromatic N) is 1. The predicted molar refractivity (Wildman–Crippen MR) is 122 cm³/mol. The Morgan fingerprint density at radius 3 is 2.42 bits per heavy atom. The smallest absolute Gasteiger partial charge is 0.259 e. The van der Waals surface area contributed by atoms with Crippen molar-refractivity contribution in [3.63, 3.8) is 0 Å². The van der Waals surface area contributed by atoms with Gasteiger partial charge in [-0.25, -0.2) is 0 Å². The predicted octanol–water partition coefficient (Wildman–Crippen LogP) is 4.76. The molecule has 166 valence electrons. The van der Waals surface area contributed by atoms with Crippen molar-refractivity contribution in [2.45, 2.75) is 45.1 Å². The van der Waals surface area contributed by atoms with Crippen LogP contribution >= 0.6 is 0 Å². The van der Waals surface area contributed by atoms with E-state index in [1.54, 1.807) is 42.5 Å². The largest absolute Gasteiger partial charge is 0.490 e. The lowest BCUT2D eigenvalue weighted by atomic mass is 9.94. The Balaban J connectivity index is 1.61. The third-order valence-electron chi connectivity index (χ3n) is 5.65. The van der Waals surface area contributed by atoms with Gasteiger partial charge < -0.3 is 19.7 Å². The third-order valence-corrected chi connectivity index (χ3v) is 5.65. The van der Waals surface area contributed by atoms with Crippen LogP contribution in [0.1, 0.15) is 59.7 Å². The summed E-state index contributed by atoms with van der Waals surface area (Å²) in [7, 11) is 1.89. The molecule has 0 saturated heterocycles. The number of carbonyl (C=O) groups excluding carboxylic acids is 2. The Morgan fingerprint density at radius 2 is 1.71 bits per heavy atom. The molecule has 0 unspecified atom stereocenters. The van der Waals surface area contributed by atoms with Gasteiger partial charge in [-0.15, -0.1) is 0 Å². The van der Waals surface area contributed by atoms with Crippen molar-refractivity contribution in [3.8, 4) is 5.75 Å². The molecule has 0 aliphatic heterocycles. The van der Waals surface area contributed by atoms with E-state index in [1.165, 1.54) is 19.3 Å². The molecule has 0 bridgehead atoms. The molecule has 0 radical (unpaired) electrons. The number of benzene rings is 2. The van der Waals surface area contributed by atoms with Gasteiger partial charge in [-0.05, 0) is 56.2 Å². The standard InChI is InChI=1S/C25H32N2O4/c1-3-30-17-18-31-23-12-8-7-11-22(23)24(28)26-20-15-13-19(14-16-20)25(29)27(2)21-9-5-4-6-10-21/h7-8,11-16,21H,3-6,9-10,17-18H2,1-2H3,(H,26,28). The monoisotopic (exact) mass is 424 g/mol. The first-order valence-electron chi connectivity index (χ1n) is 11.1. The van der Waals surface area contributed by atoms with Crippen molar-refractivity contribution in [3.05, 3.63) is 59.7 Å². The molecule has 2 amide bonds. The first-order chi connectivity index (χ1) is 15.1. The van der Waals surface area contributed by atoms with E-state index in [4.69, 9.17) is 9.47 Å². The fourth-order valence-electron chi connectivity index (χ4n) is 3.87. The molecule has 1 N–H and O–H groups in total. The van der Waals surface area contributed by atoms with E-state index in [0.717, 1.165) is 12.8 Å². The number of hydrogen-bond acceptors (Lipinski definition) is 4. The number of para-hydroxylation sites is 1. The Morgan fingerprint density at radius 1 is 1.00 bits per heavy atom. The first kappa shape index (κ1) is 22.8. The minimum Gasteiger partial charge on any atom is -0.490 e. The zero-order valence-corrected chi connectivity index (χ0v) is 18.4. The minimum atomic E-state index is -0.259. The molecule has 2 aromatic rings. The summed E-state index contributed by atoms with van der Waals surface area (Å²) in [6, 6.07) is 14.5. The molecule has 0 heterocycles. The summed E-state index contributed by atoms with van der Waals surface area (Å²) in [5.74, 6) is 0.281. The Hall–Kier alpha value is -2.86. The Bertz CT molecular complexity index is 860. The lowest BCUT2D eigenvalue weighted by Gasteiger charge is -2.31. The summed E-state index contributed by atoms with van der Waals surface area (Å²) in [4.78, 5) is 27.4. The highest BCUT2D eigenvalue weighted by Crippen LogP contribution is 2.24. The number of anilines is 1. The van der Waals surface area contributed by atoms with Crippen molar-refractivity contribution in [1.29, 1.82) is 0 Å². The molecule has 6 nitrogen and oxygen atoms in total. The van der Waals surface area contributed by atoms with Crippen LogP contribution in [-0.4, -0.2) is 49.6 Å². The average molecular weight is 425 g/mol. The fraction of sp³-hybridized carbons (Fsp3) is 0.440. The highest BCUT2D eigenvalue weighted by Gasteiger charge is 2.23. The van der Waals surface area contributed by atoms with Gasteiger partial charge in [0.25, 0.3) is 11.8 Å². The maximum absolute atomic E-state index is 12.8. The topological polar surface area (TPSA) is 67.9 Å². The normalized spacial score (nSPS) is 14.1. The van der Waals surface area contributed by atoms with Crippen LogP contribution in [-0.2, 0) is 4.74 Å². The van der Waals surface area contributed by atoms with Crippen LogP contribution in [0, 0.1) is 0 Å². The summed E-state index contributed by atoms with van der Waals surface area (Å²) in [6.07, 6.45) is 5.77. The second kappa shape index (κ2) is 11.5. The average Bonchev–Trinajstić information content (AvgIpc) is 2.82. The summed E-state index contributed by atoms with van der Waals surface area (Å²) in [5, 5.41) is 2.88. The van der Waals surface area contributed by atoms with E-state index in [2.05, 4.69) is 5.32 Å². The second-order valence-corrected chi connectivity index (χ2v) is 7.78. The molecule has 0 spiro atoms. The van der Waals surface area contributed by atoms with E-state index in [1.807, 2.05) is 24.9 Å². The van der Waals surface area contributed by atoms with Crippen molar-refractivity contribution >= 4 is 17.5 Å². The van der Waals surface area contributed by atoms with E-state index in [0.29, 0.717) is 48.4 Å². The van der Waals surface area contributed by atoms with Crippen LogP contribution in [0.2, 0.25) is 0 Å². The van der Waals surface area contributed by atoms with Crippen LogP contribution in [0.3, 0.4) is 0 Å². The lowest BCUT2D eigenvalue weighted by Crippen LogP contribution is -2.38. The first-order valence-corrected chi connectivity index (χ1v) is 11.1. The molecule has 0 aromatic heterocycles. The molecule has 6 heteroatoms. The Labute approximate surface area is 184 Å². The highest BCUT2D eigenvalue weighted by atomic mass is 16.5. The number of amides is 2. The zero-order chi connectivity index (χ0) is 22.1. The lowest BCUT2D eigenvalue weighted by molar-refractivity contribution is 0.0696. The molecule has 1 aliphatic carbocycles. The van der Waals surface area contributed by atoms with Gasteiger partial charge in [-0.2, -0.15) is 0 Å². The van der Waals surface area contributed by atoms with Crippen LogP contribution < -0.4 is 10.1 Å². The van der Waals surface area contributed by atoms with Gasteiger partial charge in [-0.3, -0.25) is 9.59 Å². The summed E-state index contributed by atoms with van der Waals surface area (Å²) < 4.78 is 11.0. The van der Waals surface area contributed by atoms with Crippen LogP contribution in [0.15, 0.2) is 48.5 Å². The number of hydrogen-bond donors (Lipinski definition) is 1. The van der Waals surface area contributed by atoms with Gasteiger partial charge in [0.15, 0.2) is 0 Å². The van der Waals surface area contributed by atoms with Crippen LogP contribution in [0.4, 0.5) is 5.69 Å². The summed E-state index contributed by atoms with van der Waals surface area (Å²) >= 11 is 0. The Kier molecular flexibility index (Phi) is 8.47. The number of rotatable bonds is 9. The number of nitrogens with one attached hydrogen (secondary N) is 1. The second-order valence-electron chi connectivity index (χ2n) is 7.78. The molecule has 1 aliphatic rings. The van der Waals surface area contributed by atoms with Gasteiger partial charge in [0.05, 0.1) is 12.2 Å². The zero-order valence-electron chi connectivity index (χ0n) is 18.4. The van der Waals surface area contributed by atoms with Crippen molar-refractivity contribution in [1.82, 2.24) is 4.90 Å². The van der Waals surface area contributed by atoms with Crippen molar-refractivity contribution in [2.24, 2.45) is 0 Å². The van der Waals surface area contributed by atoms with Gasteiger partial charge in [0, 0.05) is 30.9 Å². The number of carbonyl (C=O) groups is 2. The molecular weight excluding hydrogens is 392 g/mol. The van der Waals surface area contributed by atoms with Crippen molar-refractivity contribution < 1.29 is 19.1 Å².